The summed E-state index contributed by atoms with van der Waals surface area (Å²) in [6, 6.07) is 16.0. The van der Waals surface area contributed by atoms with Crippen LogP contribution in [0.1, 0.15) is 5.56 Å². The summed E-state index contributed by atoms with van der Waals surface area (Å²) in [5, 5.41) is 1.09. The lowest BCUT2D eigenvalue weighted by Gasteiger charge is -2.27. The topological polar surface area (TPSA) is 46.8 Å². The number of aliphatic imine (C=N–C) groups is 1. The number of fused-ring (bicyclic) bond motifs is 1. The third kappa shape index (κ3) is 3.96. The van der Waals surface area contributed by atoms with E-state index in [1.807, 2.05) is 64.3 Å². The number of hydrogen-bond donors (Lipinski definition) is 0. The van der Waals surface area contributed by atoms with Gasteiger partial charge in [-0.25, -0.2) is 0 Å². The summed E-state index contributed by atoms with van der Waals surface area (Å²) in [5.74, 6) is 0.119. The second-order valence-corrected chi connectivity index (χ2v) is 7.29. The Kier molecular flexibility index (Phi) is 5.36. The van der Waals surface area contributed by atoms with Crippen molar-refractivity contribution in [3.63, 3.8) is 0 Å². The predicted molar refractivity (Wildman–Crippen MR) is 111 cm³/mol. The zero-order valence-corrected chi connectivity index (χ0v) is 16.4. The Morgan fingerprint density at radius 1 is 1.11 bits per heavy atom. The lowest BCUT2D eigenvalue weighted by atomic mass is 10.2. The van der Waals surface area contributed by atoms with Crippen molar-refractivity contribution >= 4 is 44.6 Å². The summed E-state index contributed by atoms with van der Waals surface area (Å²) in [6.07, 6.45) is 3.86. The van der Waals surface area contributed by atoms with Crippen LogP contribution in [0.3, 0.4) is 0 Å². The number of benzene rings is 2. The average Bonchev–Trinajstić information content (AvgIpc) is 3.06. The van der Waals surface area contributed by atoms with Crippen LogP contribution in [-0.4, -0.2) is 47.9 Å². The van der Waals surface area contributed by atoms with Crippen molar-refractivity contribution in [1.29, 1.82) is 0 Å². The minimum Gasteiger partial charge on any atom is -0.378 e. The molecule has 4 rings (SSSR count). The minimum absolute atomic E-state index is 0.119. The fraction of sp³-hybridized carbons (Fsp3) is 0.238. The van der Waals surface area contributed by atoms with E-state index < -0.39 is 0 Å². The predicted octanol–water partition coefficient (Wildman–Crippen LogP) is 4.01. The maximum absolute atomic E-state index is 12.7. The number of carbonyl (C=O) groups is 1. The first kappa shape index (κ1) is 17.9. The molecule has 2 aromatic carbocycles. The molecule has 0 N–H and O–H groups in total. The van der Waals surface area contributed by atoms with Crippen LogP contribution >= 0.6 is 15.9 Å². The molecule has 2 heterocycles. The number of para-hydroxylation sites is 2. The van der Waals surface area contributed by atoms with Gasteiger partial charge in [0, 0.05) is 46.4 Å². The summed E-state index contributed by atoms with van der Waals surface area (Å²) < 4.78 is 8.30. The molecule has 0 bridgehead atoms. The Balaban J connectivity index is 1.63. The third-order valence-electron chi connectivity index (χ3n) is 4.68. The Hall–Kier alpha value is -2.44. The monoisotopic (exact) mass is 425 g/mol. The molecule has 5 nitrogen and oxygen atoms in total. The second-order valence-electron chi connectivity index (χ2n) is 6.43. The van der Waals surface area contributed by atoms with Gasteiger partial charge in [0.2, 0.25) is 5.91 Å². The van der Waals surface area contributed by atoms with Crippen molar-refractivity contribution < 1.29 is 9.53 Å². The first-order chi connectivity index (χ1) is 13.2. The number of nitrogens with zero attached hydrogens (tertiary/aromatic N) is 3. The molecule has 1 aromatic heterocycles. The normalized spacial score (nSPS) is 14.9. The molecular formula is C21H20BrN3O2. The second kappa shape index (κ2) is 8.06. The van der Waals surface area contributed by atoms with Gasteiger partial charge in [0.1, 0.15) is 6.54 Å². The van der Waals surface area contributed by atoms with E-state index in [4.69, 9.17) is 4.74 Å². The molecule has 1 fully saturated rings. The SMILES string of the molecule is O=C(Cn1cc(C=Nc2ccccc2Br)c2ccccc21)N1CCOCC1. The van der Waals surface area contributed by atoms with Crippen LogP contribution in [0, 0.1) is 0 Å². The first-order valence-corrected chi connectivity index (χ1v) is 9.73. The molecule has 3 aromatic rings. The molecule has 0 radical (unpaired) electrons. The van der Waals surface area contributed by atoms with Gasteiger partial charge in [-0.3, -0.25) is 9.79 Å². The molecule has 138 valence electrons. The number of carbonyl (C=O) groups excluding carboxylic acids is 1. The summed E-state index contributed by atoms with van der Waals surface area (Å²) >= 11 is 3.52. The van der Waals surface area contributed by atoms with Gasteiger partial charge in [-0.05, 0) is 34.1 Å². The van der Waals surface area contributed by atoms with Gasteiger partial charge in [-0.15, -0.1) is 0 Å². The molecule has 1 aliphatic heterocycles. The number of halogens is 1. The Morgan fingerprint density at radius 3 is 2.67 bits per heavy atom. The quantitative estimate of drug-likeness (QED) is 0.592. The minimum atomic E-state index is 0.119. The summed E-state index contributed by atoms with van der Waals surface area (Å²) in [7, 11) is 0. The molecule has 27 heavy (non-hydrogen) atoms. The Bertz CT molecular complexity index is 990. The van der Waals surface area contributed by atoms with Crippen molar-refractivity contribution in [2.45, 2.75) is 6.54 Å². The lowest BCUT2D eigenvalue weighted by Crippen LogP contribution is -2.42. The standard InChI is InChI=1S/C21H20BrN3O2/c22-18-6-2-3-7-19(18)23-13-16-14-25(20-8-4-1-5-17(16)20)15-21(26)24-9-11-27-12-10-24/h1-8,13-14H,9-12,15H2. The molecule has 0 unspecified atom stereocenters. The van der Waals surface area contributed by atoms with Crippen LogP contribution < -0.4 is 0 Å². The van der Waals surface area contributed by atoms with E-state index in [1.165, 1.54) is 0 Å². The van der Waals surface area contributed by atoms with Crippen LogP contribution in [0.25, 0.3) is 10.9 Å². The molecule has 0 saturated carbocycles. The Morgan fingerprint density at radius 2 is 1.85 bits per heavy atom. The molecular weight excluding hydrogens is 406 g/mol. The van der Waals surface area contributed by atoms with Crippen molar-refractivity contribution in [2.75, 3.05) is 26.3 Å². The van der Waals surface area contributed by atoms with Crippen molar-refractivity contribution in [3.8, 4) is 0 Å². The van der Waals surface area contributed by atoms with Crippen molar-refractivity contribution in [3.05, 3.63) is 64.8 Å². The van der Waals surface area contributed by atoms with E-state index in [1.54, 1.807) is 0 Å². The lowest BCUT2D eigenvalue weighted by molar-refractivity contribution is -0.135. The van der Waals surface area contributed by atoms with Crippen LogP contribution in [0.5, 0.6) is 0 Å². The highest BCUT2D eigenvalue weighted by molar-refractivity contribution is 9.10. The maximum atomic E-state index is 12.7. The number of amides is 1. The number of ether oxygens (including phenoxy) is 1. The number of aromatic nitrogens is 1. The highest BCUT2D eigenvalue weighted by Gasteiger charge is 2.18. The van der Waals surface area contributed by atoms with Crippen LogP contribution in [0.15, 0.2) is 64.2 Å². The fourth-order valence-corrected chi connectivity index (χ4v) is 3.65. The highest BCUT2D eigenvalue weighted by atomic mass is 79.9. The van der Waals surface area contributed by atoms with E-state index in [9.17, 15) is 4.79 Å². The molecule has 1 amide bonds. The first-order valence-electron chi connectivity index (χ1n) is 8.94. The van der Waals surface area contributed by atoms with Gasteiger partial charge in [0.25, 0.3) is 0 Å². The largest absolute Gasteiger partial charge is 0.378 e. The van der Waals surface area contributed by atoms with Crippen LogP contribution in [-0.2, 0) is 16.1 Å². The van der Waals surface area contributed by atoms with Crippen LogP contribution in [0.2, 0.25) is 0 Å². The van der Waals surface area contributed by atoms with E-state index in [2.05, 4.69) is 27.0 Å². The molecule has 1 saturated heterocycles. The van der Waals surface area contributed by atoms with Gasteiger partial charge in [0.15, 0.2) is 0 Å². The smallest absolute Gasteiger partial charge is 0.242 e. The van der Waals surface area contributed by atoms with E-state index in [0.717, 1.165) is 26.6 Å². The number of morpholine rings is 1. The molecule has 0 spiro atoms. The fourth-order valence-electron chi connectivity index (χ4n) is 3.26. The van der Waals surface area contributed by atoms with Crippen LogP contribution in [0.4, 0.5) is 5.69 Å². The summed E-state index contributed by atoms with van der Waals surface area (Å²) in [4.78, 5) is 19.1. The van der Waals surface area contributed by atoms with E-state index in [-0.39, 0.29) is 5.91 Å². The molecule has 0 atom stereocenters. The van der Waals surface area contributed by atoms with Gasteiger partial charge in [0.05, 0.1) is 18.9 Å². The van der Waals surface area contributed by atoms with E-state index in [0.29, 0.717) is 32.8 Å². The zero-order chi connectivity index (χ0) is 18.6. The van der Waals surface area contributed by atoms with Gasteiger partial charge >= 0.3 is 0 Å². The van der Waals surface area contributed by atoms with Gasteiger partial charge < -0.3 is 14.2 Å². The summed E-state index contributed by atoms with van der Waals surface area (Å²) in [5.41, 5.74) is 2.91. The molecule has 0 aliphatic carbocycles. The van der Waals surface area contributed by atoms with Gasteiger partial charge in [-0.1, -0.05) is 30.3 Å². The Labute approximate surface area is 166 Å². The summed E-state index contributed by atoms with van der Waals surface area (Å²) in [6.45, 7) is 2.87. The highest BCUT2D eigenvalue weighted by Crippen LogP contribution is 2.26. The maximum Gasteiger partial charge on any atom is 0.242 e. The van der Waals surface area contributed by atoms with Crippen molar-refractivity contribution in [1.82, 2.24) is 9.47 Å². The molecule has 6 heteroatoms. The van der Waals surface area contributed by atoms with E-state index >= 15 is 0 Å². The number of rotatable bonds is 4. The van der Waals surface area contributed by atoms with Crippen molar-refractivity contribution in [2.24, 2.45) is 4.99 Å². The van der Waals surface area contributed by atoms with Gasteiger partial charge in [-0.2, -0.15) is 0 Å². The molecule has 1 aliphatic rings. The average molecular weight is 426 g/mol. The number of hydrogen-bond acceptors (Lipinski definition) is 3. The zero-order valence-electron chi connectivity index (χ0n) is 14.8. The third-order valence-corrected chi connectivity index (χ3v) is 5.35.